The van der Waals surface area contributed by atoms with E-state index < -0.39 is 0 Å². The van der Waals surface area contributed by atoms with Gasteiger partial charge in [0.1, 0.15) is 5.82 Å². The molecule has 0 bridgehead atoms. The van der Waals surface area contributed by atoms with Gasteiger partial charge in [-0.2, -0.15) is 0 Å². The lowest BCUT2D eigenvalue weighted by Gasteiger charge is -2.09. The van der Waals surface area contributed by atoms with Crippen LogP contribution in [0.5, 0.6) is 0 Å². The van der Waals surface area contributed by atoms with Gasteiger partial charge in [0.05, 0.1) is 0 Å². The zero-order valence-electron chi connectivity index (χ0n) is 11.3. The number of hydrogen-bond acceptors (Lipinski definition) is 2. The number of unbranched alkanes of at least 4 members (excludes halogenated alkanes) is 1. The average molecular weight is 261 g/mol. The average Bonchev–Trinajstić information content (AvgIpc) is 2.84. The second kappa shape index (κ2) is 6.92. The molecule has 0 radical (unpaired) electrons. The predicted molar refractivity (Wildman–Crippen MR) is 75.7 cm³/mol. The lowest BCUT2D eigenvalue weighted by atomic mass is 10.1. The maximum Gasteiger partial charge on any atom is 0.202 e. The minimum atomic E-state index is -0.179. The summed E-state index contributed by atoms with van der Waals surface area (Å²) >= 11 is 0. The highest BCUT2D eigenvalue weighted by molar-refractivity contribution is 5.27. The highest BCUT2D eigenvalue weighted by Gasteiger charge is 2.01. The van der Waals surface area contributed by atoms with Crippen molar-refractivity contribution in [1.29, 1.82) is 0 Å². The molecule has 102 valence electrons. The van der Waals surface area contributed by atoms with Gasteiger partial charge in [-0.1, -0.05) is 25.5 Å². The van der Waals surface area contributed by atoms with E-state index in [1.807, 2.05) is 12.3 Å². The van der Waals surface area contributed by atoms with Crippen molar-refractivity contribution in [3.05, 3.63) is 48.0 Å². The van der Waals surface area contributed by atoms with Crippen molar-refractivity contribution < 1.29 is 4.39 Å². The van der Waals surface area contributed by atoms with Crippen LogP contribution in [0.25, 0.3) is 0 Å². The Hall–Kier alpha value is -1.84. The SMILES string of the molecule is CCCCn1ccnc1NCCc1cccc(F)c1. The summed E-state index contributed by atoms with van der Waals surface area (Å²) in [6, 6.07) is 6.72. The number of nitrogens with zero attached hydrogens (tertiary/aromatic N) is 2. The quantitative estimate of drug-likeness (QED) is 0.827. The van der Waals surface area contributed by atoms with E-state index >= 15 is 0 Å². The van der Waals surface area contributed by atoms with E-state index in [1.165, 1.54) is 12.5 Å². The molecule has 0 saturated carbocycles. The lowest BCUT2D eigenvalue weighted by Crippen LogP contribution is -2.10. The molecule has 2 aromatic rings. The van der Waals surface area contributed by atoms with Crippen molar-refractivity contribution in [3.63, 3.8) is 0 Å². The Kier molecular flexibility index (Phi) is 4.95. The minimum Gasteiger partial charge on any atom is -0.355 e. The van der Waals surface area contributed by atoms with Crippen molar-refractivity contribution in [2.45, 2.75) is 32.7 Å². The highest BCUT2D eigenvalue weighted by Crippen LogP contribution is 2.08. The third kappa shape index (κ3) is 4.09. The summed E-state index contributed by atoms with van der Waals surface area (Å²) in [5.41, 5.74) is 0.999. The van der Waals surface area contributed by atoms with E-state index in [2.05, 4.69) is 21.8 Å². The van der Waals surface area contributed by atoms with Crippen LogP contribution in [0.4, 0.5) is 10.3 Å². The zero-order valence-corrected chi connectivity index (χ0v) is 11.3. The van der Waals surface area contributed by atoms with E-state index in [1.54, 1.807) is 18.3 Å². The van der Waals surface area contributed by atoms with Crippen LogP contribution < -0.4 is 5.32 Å². The van der Waals surface area contributed by atoms with Gasteiger partial charge in [0.2, 0.25) is 5.95 Å². The topological polar surface area (TPSA) is 29.9 Å². The fraction of sp³-hybridized carbons (Fsp3) is 0.400. The summed E-state index contributed by atoms with van der Waals surface area (Å²) in [4.78, 5) is 4.30. The number of rotatable bonds is 7. The van der Waals surface area contributed by atoms with Crippen LogP contribution in [0.3, 0.4) is 0 Å². The van der Waals surface area contributed by atoms with Gasteiger partial charge in [0.15, 0.2) is 0 Å². The number of benzene rings is 1. The minimum absolute atomic E-state index is 0.179. The number of imidazole rings is 1. The van der Waals surface area contributed by atoms with Crippen LogP contribution in [0.2, 0.25) is 0 Å². The number of anilines is 1. The first-order chi connectivity index (χ1) is 9.29. The summed E-state index contributed by atoms with van der Waals surface area (Å²) in [5.74, 6) is 0.715. The number of halogens is 1. The third-order valence-electron chi connectivity index (χ3n) is 3.05. The van der Waals surface area contributed by atoms with Crippen molar-refractivity contribution in [2.24, 2.45) is 0 Å². The Labute approximate surface area is 113 Å². The second-order valence-corrected chi connectivity index (χ2v) is 4.60. The summed E-state index contributed by atoms with van der Waals surface area (Å²) in [6.45, 7) is 3.92. The number of nitrogens with one attached hydrogen (secondary N) is 1. The first-order valence-electron chi connectivity index (χ1n) is 6.79. The largest absolute Gasteiger partial charge is 0.355 e. The molecule has 0 aliphatic carbocycles. The van der Waals surface area contributed by atoms with Crippen LogP contribution in [0.15, 0.2) is 36.7 Å². The van der Waals surface area contributed by atoms with Gasteiger partial charge in [0.25, 0.3) is 0 Å². The smallest absolute Gasteiger partial charge is 0.202 e. The maximum absolute atomic E-state index is 13.0. The van der Waals surface area contributed by atoms with Gasteiger partial charge in [-0.25, -0.2) is 9.37 Å². The van der Waals surface area contributed by atoms with E-state index in [0.717, 1.165) is 37.4 Å². The number of hydrogen-bond donors (Lipinski definition) is 1. The molecule has 0 aliphatic rings. The van der Waals surface area contributed by atoms with Crippen LogP contribution in [-0.2, 0) is 13.0 Å². The zero-order chi connectivity index (χ0) is 13.5. The van der Waals surface area contributed by atoms with Gasteiger partial charge in [0, 0.05) is 25.5 Å². The van der Waals surface area contributed by atoms with E-state index in [4.69, 9.17) is 0 Å². The molecule has 1 aromatic heterocycles. The molecule has 1 N–H and O–H groups in total. The summed E-state index contributed by atoms with van der Waals surface area (Å²) in [7, 11) is 0. The molecule has 4 heteroatoms. The van der Waals surface area contributed by atoms with Gasteiger partial charge in [-0.05, 0) is 30.5 Å². The highest BCUT2D eigenvalue weighted by atomic mass is 19.1. The molecular formula is C15H20FN3. The van der Waals surface area contributed by atoms with Crippen molar-refractivity contribution >= 4 is 5.95 Å². The number of aromatic nitrogens is 2. The van der Waals surface area contributed by atoms with Gasteiger partial charge >= 0.3 is 0 Å². The standard InChI is InChI=1S/C15H20FN3/c1-2-3-10-19-11-9-18-15(19)17-8-7-13-5-4-6-14(16)12-13/h4-6,9,11-12H,2-3,7-8,10H2,1H3,(H,17,18). The Morgan fingerprint density at radius 2 is 2.26 bits per heavy atom. The second-order valence-electron chi connectivity index (χ2n) is 4.60. The van der Waals surface area contributed by atoms with Gasteiger partial charge < -0.3 is 9.88 Å². The Balaban J connectivity index is 1.84. The molecule has 1 aromatic carbocycles. The van der Waals surface area contributed by atoms with Gasteiger partial charge in [-0.15, -0.1) is 0 Å². The predicted octanol–water partition coefficient (Wildman–Crippen LogP) is 3.48. The summed E-state index contributed by atoms with van der Waals surface area (Å²) in [6.07, 6.45) is 6.90. The van der Waals surface area contributed by atoms with E-state index in [9.17, 15) is 4.39 Å². The summed E-state index contributed by atoms with van der Waals surface area (Å²) < 4.78 is 15.2. The molecule has 2 rings (SSSR count). The number of aryl methyl sites for hydroxylation is 1. The molecule has 0 unspecified atom stereocenters. The monoisotopic (exact) mass is 261 g/mol. The molecule has 0 fully saturated rings. The lowest BCUT2D eigenvalue weighted by molar-refractivity contribution is 0.625. The molecule has 0 aliphatic heterocycles. The molecule has 0 amide bonds. The molecule has 0 saturated heterocycles. The third-order valence-corrected chi connectivity index (χ3v) is 3.05. The van der Waals surface area contributed by atoms with Crippen LogP contribution in [0, 0.1) is 5.82 Å². The van der Waals surface area contributed by atoms with Crippen LogP contribution >= 0.6 is 0 Å². The van der Waals surface area contributed by atoms with Crippen molar-refractivity contribution in [1.82, 2.24) is 9.55 Å². The van der Waals surface area contributed by atoms with Crippen LogP contribution in [-0.4, -0.2) is 16.1 Å². The van der Waals surface area contributed by atoms with Crippen LogP contribution in [0.1, 0.15) is 25.3 Å². The first kappa shape index (κ1) is 13.6. The van der Waals surface area contributed by atoms with Gasteiger partial charge in [-0.3, -0.25) is 0 Å². The fourth-order valence-corrected chi connectivity index (χ4v) is 2.00. The maximum atomic E-state index is 13.0. The molecule has 0 atom stereocenters. The Morgan fingerprint density at radius 1 is 1.37 bits per heavy atom. The van der Waals surface area contributed by atoms with Crippen molar-refractivity contribution in [2.75, 3.05) is 11.9 Å². The Morgan fingerprint density at radius 3 is 3.05 bits per heavy atom. The summed E-state index contributed by atoms with van der Waals surface area (Å²) in [5, 5.41) is 3.30. The molecule has 1 heterocycles. The molecule has 3 nitrogen and oxygen atoms in total. The van der Waals surface area contributed by atoms with E-state index in [0.29, 0.717) is 0 Å². The normalized spacial score (nSPS) is 10.6. The van der Waals surface area contributed by atoms with Crippen molar-refractivity contribution in [3.8, 4) is 0 Å². The molecule has 0 spiro atoms. The molecular weight excluding hydrogens is 241 g/mol. The fourth-order valence-electron chi connectivity index (χ4n) is 2.00. The first-order valence-corrected chi connectivity index (χ1v) is 6.79. The Bertz CT molecular complexity index is 508. The van der Waals surface area contributed by atoms with E-state index in [-0.39, 0.29) is 5.82 Å². The molecule has 19 heavy (non-hydrogen) atoms.